The van der Waals surface area contributed by atoms with Crippen LogP contribution in [0.5, 0.6) is 0 Å². The molecule has 1 aromatic rings. The molecule has 1 aromatic carbocycles. The van der Waals surface area contributed by atoms with Gasteiger partial charge in [-0.2, -0.15) is 0 Å². The number of carbonyl (C=O) groups excluding carboxylic acids is 2. The van der Waals surface area contributed by atoms with Gasteiger partial charge < -0.3 is 16.4 Å². The summed E-state index contributed by atoms with van der Waals surface area (Å²) < 4.78 is 13.7. The van der Waals surface area contributed by atoms with E-state index in [4.69, 9.17) is 5.73 Å². The molecule has 1 atom stereocenters. The smallest absolute Gasteiger partial charge is 0.319 e. The molecule has 1 aliphatic rings. The van der Waals surface area contributed by atoms with Crippen LogP contribution in [0.15, 0.2) is 35.5 Å². The summed E-state index contributed by atoms with van der Waals surface area (Å²) in [5.74, 6) is -1.20. The van der Waals surface area contributed by atoms with E-state index in [1.54, 1.807) is 13.0 Å². The van der Waals surface area contributed by atoms with Crippen LogP contribution in [0.2, 0.25) is 0 Å². The number of rotatable bonds is 2. The van der Waals surface area contributed by atoms with Gasteiger partial charge in [-0.25, -0.2) is 9.18 Å². The van der Waals surface area contributed by atoms with Gasteiger partial charge in [0.2, 0.25) is 5.91 Å². The highest BCUT2D eigenvalue weighted by Gasteiger charge is 2.31. The molecule has 2 rings (SSSR count). The molecule has 5 nitrogen and oxygen atoms in total. The predicted octanol–water partition coefficient (Wildman–Crippen LogP) is 0.939. The SMILES string of the molecule is CC1=C(C(N)=O)C(c2ccccc2F)NC(=O)N1. The fourth-order valence-corrected chi connectivity index (χ4v) is 1.96. The second-order valence-corrected chi connectivity index (χ2v) is 3.96. The van der Waals surface area contributed by atoms with Crippen molar-refractivity contribution in [3.05, 3.63) is 46.9 Å². The van der Waals surface area contributed by atoms with Gasteiger partial charge in [0.1, 0.15) is 5.82 Å². The van der Waals surface area contributed by atoms with Gasteiger partial charge in [-0.3, -0.25) is 4.79 Å². The number of amides is 3. The van der Waals surface area contributed by atoms with E-state index in [0.717, 1.165) is 0 Å². The van der Waals surface area contributed by atoms with Crippen molar-refractivity contribution >= 4 is 11.9 Å². The Bertz CT molecular complexity index is 554. The lowest BCUT2D eigenvalue weighted by molar-refractivity contribution is -0.115. The summed E-state index contributed by atoms with van der Waals surface area (Å²) in [7, 11) is 0. The van der Waals surface area contributed by atoms with Crippen LogP contribution in [0.1, 0.15) is 18.5 Å². The van der Waals surface area contributed by atoms with Gasteiger partial charge in [-0.15, -0.1) is 0 Å². The molecule has 0 spiro atoms. The van der Waals surface area contributed by atoms with Crippen molar-refractivity contribution in [2.45, 2.75) is 13.0 Å². The molecule has 0 fully saturated rings. The molecular weight excluding hydrogens is 237 g/mol. The third-order valence-corrected chi connectivity index (χ3v) is 2.75. The van der Waals surface area contributed by atoms with Gasteiger partial charge in [0, 0.05) is 11.3 Å². The van der Waals surface area contributed by atoms with Crippen LogP contribution in [0, 0.1) is 5.82 Å². The molecule has 4 N–H and O–H groups in total. The van der Waals surface area contributed by atoms with Crippen molar-refractivity contribution in [3.8, 4) is 0 Å². The highest BCUT2D eigenvalue weighted by molar-refractivity contribution is 5.97. The number of hydrogen-bond donors (Lipinski definition) is 3. The maximum Gasteiger partial charge on any atom is 0.319 e. The number of hydrogen-bond acceptors (Lipinski definition) is 2. The summed E-state index contributed by atoms with van der Waals surface area (Å²) in [5, 5.41) is 4.92. The molecule has 94 valence electrons. The molecule has 0 aliphatic carbocycles. The van der Waals surface area contributed by atoms with E-state index in [1.807, 2.05) is 0 Å². The lowest BCUT2D eigenvalue weighted by Gasteiger charge is -2.27. The van der Waals surface area contributed by atoms with E-state index in [-0.39, 0.29) is 11.1 Å². The van der Waals surface area contributed by atoms with E-state index < -0.39 is 23.8 Å². The number of urea groups is 1. The molecule has 1 aliphatic heterocycles. The first-order valence-electron chi connectivity index (χ1n) is 5.33. The van der Waals surface area contributed by atoms with Crippen LogP contribution >= 0.6 is 0 Å². The van der Waals surface area contributed by atoms with Crippen molar-refractivity contribution in [1.29, 1.82) is 0 Å². The summed E-state index contributed by atoms with van der Waals surface area (Å²) in [6.45, 7) is 1.55. The summed E-state index contributed by atoms with van der Waals surface area (Å²) in [5.41, 5.74) is 5.96. The summed E-state index contributed by atoms with van der Waals surface area (Å²) in [4.78, 5) is 22.8. The van der Waals surface area contributed by atoms with Crippen LogP contribution in [0.25, 0.3) is 0 Å². The van der Waals surface area contributed by atoms with Gasteiger partial charge in [0.25, 0.3) is 0 Å². The number of primary amides is 1. The molecule has 0 saturated carbocycles. The summed E-state index contributed by atoms with van der Waals surface area (Å²) >= 11 is 0. The Kier molecular flexibility index (Phi) is 3.01. The molecule has 1 unspecified atom stereocenters. The van der Waals surface area contributed by atoms with Gasteiger partial charge >= 0.3 is 6.03 Å². The lowest BCUT2D eigenvalue weighted by Crippen LogP contribution is -2.46. The van der Waals surface area contributed by atoms with E-state index in [0.29, 0.717) is 5.70 Å². The van der Waals surface area contributed by atoms with E-state index in [2.05, 4.69) is 10.6 Å². The Hall–Kier alpha value is -2.37. The quantitative estimate of drug-likeness (QED) is 0.728. The Morgan fingerprint density at radius 2 is 2.06 bits per heavy atom. The molecule has 0 radical (unpaired) electrons. The van der Waals surface area contributed by atoms with Crippen LogP contribution < -0.4 is 16.4 Å². The highest BCUT2D eigenvalue weighted by atomic mass is 19.1. The van der Waals surface area contributed by atoms with Crippen LogP contribution in [-0.2, 0) is 4.79 Å². The number of allylic oxidation sites excluding steroid dienone is 1. The molecule has 0 bridgehead atoms. The van der Waals surface area contributed by atoms with Crippen molar-refractivity contribution in [2.24, 2.45) is 5.73 Å². The van der Waals surface area contributed by atoms with Gasteiger partial charge in [-0.05, 0) is 13.0 Å². The standard InChI is InChI=1S/C12H12FN3O2/c1-6-9(11(14)17)10(16-12(18)15-6)7-4-2-3-5-8(7)13/h2-5,10H,1H3,(H2,14,17)(H2,15,16,18). The van der Waals surface area contributed by atoms with Crippen molar-refractivity contribution in [1.82, 2.24) is 10.6 Å². The largest absolute Gasteiger partial charge is 0.366 e. The first-order valence-corrected chi connectivity index (χ1v) is 5.33. The van der Waals surface area contributed by atoms with Crippen LogP contribution in [-0.4, -0.2) is 11.9 Å². The average Bonchev–Trinajstić information content (AvgIpc) is 2.27. The zero-order valence-corrected chi connectivity index (χ0v) is 9.66. The monoisotopic (exact) mass is 249 g/mol. The van der Waals surface area contributed by atoms with Gasteiger partial charge in [0.05, 0.1) is 11.6 Å². The first-order chi connectivity index (χ1) is 8.50. The molecule has 18 heavy (non-hydrogen) atoms. The number of halogens is 1. The minimum Gasteiger partial charge on any atom is -0.366 e. The van der Waals surface area contributed by atoms with Crippen LogP contribution in [0.3, 0.4) is 0 Å². The third kappa shape index (κ3) is 2.04. The fourth-order valence-electron chi connectivity index (χ4n) is 1.96. The number of benzene rings is 1. The van der Waals surface area contributed by atoms with E-state index in [9.17, 15) is 14.0 Å². The number of nitrogens with one attached hydrogen (secondary N) is 2. The normalized spacial score (nSPS) is 19.2. The first kappa shape index (κ1) is 12.1. The lowest BCUT2D eigenvalue weighted by atomic mass is 9.95. The average molecular weight is 249 g/mol. The second kappa shape index (κ2) is 4.48. The topological polar surface area (TPSA) is 84.2 Å². The maximum absolute atomic E-state index is 13.7. The highest BCUT2D eigenvalue weighted by Crippen LogP contribution is 2.27. The van der Waals surface area contributed by atoms with Crippen LogP contribution in [0.4, 0.5) is 9.18 Å². The second-order valence-electron chi connectivity index (χ2n) is 3.96. The minimum atomic E-state index is -0.863. The Morgan fingerprint density at radius 3 is 2.67 bits per heavy atom. The molecule has 0 aromatic heterocycles. The van der Waals surface area contributed by atoms with E-state index in [1.165, 1.54) is 18.2 Å². The number of carbonyl (C=O) groups is 2. The zero-order valence-electron chi connectivity index (χ0n) is 9.66. The molecule has 1 heterocycles. The predicted molar refractivity (Wildman–Crippen MR) is 62.7 cm³/mol. The Morgan fingerprint density at radius 1 is 1.39 bits per heavy atom. The van der Waals surface area contributed by atoms with Crippen molar-refractivity contribution < 1.29 is 14.0 Å². The zero-order chi connectivity index (χ0) is 13.3. The van der Waals surface area contributed by atoms with E-state index >= 15 is 0 Å². The fraction of sp³-hybridized carbons (Fsp3) is 0.167. The molecule has 3 amide bonds. The summed E-state index contributed by atoms with van der Waals surface area (Å²) in [6, 6.07) is 4.56. The Labute approximate surface area is 103 Å². The maximum atomic E-state index is 13.7. The van der Waals surface area contributed by atoms with Gasteiger partial charge in [0.15, 0.2) is 0 Å². The number of nitrogens with two attached hydrogens (primary N) is 1. The summed E-state index contributed by atoms with van der Waals surface area (Å²) in [6.07, 6.45) is 0. The molecule has 0 saturated heterocycles. The van der Waals surface area contributed by atoms with Gasteiger partial charge in [-0.1, -0.05) is 18.2 Å². The van der Waals surface area contributed by atoms with Crippen molar-refractivity contribution in [3.63, 3.8) is 0 Å². The molecular formula is C12H12FN3O2. The third-order valence-electron chi connectivity index (χ3n) is 2.75. The molecule has 6 heteroatoms. The Balaban J connectivity index is 2.54. The minimum absolute atomic E-state index is 0.153. The van der Waals surface area contributed by atoms with Crippen molar-refractivity contribution in [2.75, 3.05) is 0 Å².